The minimum atomic E-state index is -3.53. The molecule has 2 heterocycles. The molecule has 0 aliphatic heterocycles. The fraction of sp³-hybridized carbons (Fsp3) is 0.250. The number of hydrogen-bond donors (Lipinski definition) is 2. The summed E-state index contributed by atoms with van der Waals surface area (Å²) in [7, 11) is -2.11. The number of anilines is 1. The smallest absolute Gasteiger partial charge is 0.253 e. The average Bonchev–Trinajstić information content (AvgIpc) is 3.56. The van der Waals surface area contributed by atoms with E-state index in [1.165, 1.54) is 42.5 Å². The minimum Gasteiger partial charge on any atom is -0.382 e. The second-order valence-electron chi connectivity index (χ2n) is 9.15. The molecule has 0 saturated heterocycles. The lowest BCUT2D eigenvalue weighted by Crippen LogP contribution is -2.46. The summed E-state index contributed by atoms with van der Waals surface area (Å²) in [4.78, 5) is 30.2. The first-order valence-corrected chi connectivity index (χ1v) is 15.0. The van der Waals surface area contributed by atoms with Crippen molar-refractivity contribution in [2.75, 3.05) is 25.3 Å². The molecule has 2 N–H and O–H groups in total. The van der Waals surface area contributed by atoms with Gasteiger partial charge in [-0.3, -0.25) is 13.6 Å². The molecular weight excluding hydrogens is 536 g/mol. The first kappa shape index (κ1) is 28.2. The maximum atomic E-state index is 13.0. The molecule has 2 amide bonds. The van der Waals surface area contributed by atoms with Crippen molar-refractivity contribution in [1.82, 2.24) is 14.3 Å². The summed E-state index contributed by atoms with van der Waals surface area (Å²) in [5.74, 6) is -1.11. The SMILES string of the molecule is COC[C@H](NC(=O)c1ccn(S(C)(=O)=O)c1)C(=O)Nc1nc(-c2cccc(C3=C/CC/C(C)=C/C=C\3)c2)cs1. The first-order chi connectivity index (χ1) is 18.6. The third-order valence-electron chi connectivity index (χ3n) is 6.05. The monoisotopic (exact) mass is 566 g/mol. The van der Waals surface area contributed by atoms with Crippen molar-refractivity contribution in [3.8, 4) is 11.3 Å². The molecule has 1 aliphatic rings. The second kappa shape index (κ2) is 12.4. The standard InChI is InChI=1S/C28H30N4O5S2/c1-19-7-4-9-20(10-5-8-19)21-11-6-12-22(15-21)25-18-38-28(30-25)31-27(34)24(17-37-2)29-26(33)23-13-14-32(16-23)39(3,35)36/h4,6-7,9-16,18,24H,5,8,17H2,1-3H3,(H,29,33)(H,30,31,34)/b9-4-,19-7+,20-10+/t24-/m0/s1. The van der Waals surface area contributed by atoms with E-state index >= 15 is 0 Å². The van der Waals surface area contributed by atoms with Gasteiger partial charge in [-0.25, -0.2) is 13.4 Å². The van der Waals surface area contributed by atoms with E-state index in [-0.39, 0.29) is 12.2 Å². The summed E-state index contributed by atoms with van der Waals surface area (Å²) < 4.78 is 29.4. The summed E-state index contributed by atoms with van der Waals surface area (Å²) >= 11 is 1.27. The van der Waals surface area contributed by atoms with E-state index in [1.807, 2.05) is 17.5 Å². The average molecular weight is 567 g/mol. The lowest BCUT2D eigenvalue weighted by Gasteiger charge is -2.16. The third-order valence-corrected chi connectivity index (χ3v) is 7.80. The molecule has 0 radical (unpaired) electrons. The summed E-state index contributed by atoms with van der Waals surface area (Å²) in [6.45, 7) is 2.05. The number of ether oxygens (including phenoxy) is 1. The van der Waals surface area contributed by atoms with Gasteiger partial charge in [0.15, 0.2) is 5.13 Å². The Kier molecular flexibility index (Phi) is 8.95. The highest BCUT2D eigenvalue weighted by Crippen LogP contribution is 2.29. The highest BCUT2D eigenvalue weighted by Gasteiger charge is 2.23. The van der Waals surface area contributed by atoms with Crippen molar-refractivity contribution >= 4 is 43.9 Å². The normalized spacial score (nSPS) is 18.0. The number of carbonyl (C=O) groups excluding carboxylic acids is 2. The highest BCUT2D eigenvalue weighted by molar-refractivity contribution is 7.89. The first-order valence-electron chi connectivity index (χ1n) is 12.2. The van der Waals surface area contributed by atoms with Crippen molar-refractivity contribution in [2.45, 2.75) is 25.8 Å². The minimum absolute atomic E-state index is 0.0814. The number of rotatable bonds is 9. The molecule has 1 aromatic carbocycles. The van der Waals surface area contributed by atoms with Gasteiger partial charge in [-0.15, -0.1) is 11.3 Å². The van der Waals surface area contributed by atoms with Crippen LogP contribution in [-0.4, -0.2) is 55.2 Å². The van der Waals surface area contributed by atoms with Crippen LogP contribution in [0.3, 0.4) is 0 Å². The molecule has 0 fully saturated rings. The van der Waals surface area contributed by atoms with Gasteiger partial charge in [-0.2, -0.15) is 0 Å². The van der Waals surface area contributed by atoms with Crippen LogP contribution in [0.4, 0.5) is 5.13 Å². The number of nitrogens with zero attached hydrogens (tertiary/aromatic N) is 2. The van der Waals surface area contributed by atoms with E-state index in [9.17, 15) is 18.0 Å². The van der Waals surface area contributed by atoms with Gasteiger partial charge in [0, 0.05) is 30.4 Å². The Balaban J connectivity index is 1.45. The van der Waals surface area contributed by atoms with Crippen molar-refractivity contribution < 1.29 is 22.7 Å². The lowest BCUT2D eigenvalue weighted by atomic mass is 9.98. The number of benzene rings is 1. The van der Waals surface area contributed by atoms with Crippen molar-refractivity contribution in [3.05, 3.63) is 89.1 Å². The van der Waals surface area contributed by atoms with Gasteiger partial charge in [0.05, 0.1) is 24.1 Å². The van der Waals surface area contributed by atoms with E-state index < -0.39 is 27.9 Å². The van der Waals surface area contributed by atoms with Crippen LogP contribution in [0, 0.1) is 0 Å². The zero-order valence-electron chi connectivity index (χ0n) is 21.9. The van der Waals surface area contributed by atoms with Crippen molar-refractivity contribution in [1.29, 1.82) is 0 Å². The Hall–Kier alpha value is -3.80. The Labute approximate surface area is 232 Å². The molecule has 0 saturated carbocycles. The van der Waals surface area contributed by atoms with E-state index in [4.69, 9.17) is 4.74 Å². The largest absolute Gasteiger partial charge is 0.382 e. The number of allylic oxidation sites excluding steroid dienone is 6. The third kappa shape index (κ3) is 7.41. The molecule has 204 valence electrons. The van der Waals surface area contributed by atoms with Gasteiger partial charge in [0.1, 0.15) is 6.04 Å². The van der Waals surface area contributed by atoms with Crippen LogP contribution in [0.25, 0.3) is 16.8 Å². The molecule has 11 heteroatoms. The summed E-state index contributed by atoms with van der Waals surface area (Å²) in [6, 6.07) is 8.44. The predicted octanol–water partition coefficient (Wildman–Crippen LogP) is 4.48. The van der Waals surface area contributed by atoms with Crippen LogP contribution < -0.4 is 10.6 Å². The molecule has 1 atom stereocenters. The molecule has 39 heavy (non-hydrogen) atoms. The van der Waals surface area contributed by atoms with Crippen molar-refractivity contribution in [3.63, 3.8) is 0 Å². The molecule has 0 bridgehead atoms. The zero-order chi connectivity index (χ0) is 28.0. The van der Waals surface area contributed by atoms with Crippen LogP contribution >= 0.6 is 11.3 Å². The van der Waals surface area contributed by atoms with E-state index in [1.54, 1.807) is 0 Å². The maximum Gasteiger partial charge on any atom is 0.253 e. The van der Waals surface area contributed by atoms with Gasteiger partial charge in [-0.1, -0.05) is 48.1 Å². The Bertz CT molecular complexity index is 1560. The molecule has 2 aromatic heterocycles. The van der Waals surface area contributed by atoms with Gasteiger partial charge < -0.3 is 15.4 Å². The second-order valence-corrected chi connectivity index (χ2v) is 11.9. The number of nitrogens with one attached hydrogen (secondary N) is 2. The Morgan fingerprint density at radius 2 is 2.03 bits per heavy atom. The lowest BCUT2D eigenvalue weighted by molar-refractivity contribution is -0.119. The number of aromatic nitrogens is 2. The van der Waals surface area contributed by atoms with E-state index in [0.717, 1.165) is 45.5 Å². The van der Waals surface area contributed by atoms with E-state index in [2.05, 4.69) is 59.0 Å². The van der Waals surface area contributed by atoms with Gasteiger partial charge >= 0.3 is 0 Å². The summed E-state index contributed by atoms with van der Waals surface area (Å²) in [5.41, 5.74) is 5.33. The summed E-state index contributed by atoms with van der Waals surface area (Å²) in [6.07, 6.45) is 14.0. The van der Waals surface area contributed by atoms with Crippen LogP contribution in [0.15, 0.2) is 78.0 Å². The quantitative estimate of drug-likeness (QED) is 0.394. The number of hydrogen-bond acceptors (Lipinski definition) is 7. The number of thiazole rings is 1. The number of carbonyl (C=O) groups is 2. The van der Waals surface area contributed by atoms with Crippen LogP contribution in [-0.2, 0) is 19.6 Å². The van der Waals surface area contributed by atoms with Gasteiger partial charge in [-0.05, 0) is 43.0 Å². The van der Waals surface area contributed by atoms with Gasteiger partial charge in [0.25, 0.3) is 11.8 Å². The van der Waals surface area contributed by atoms with Crippen LogP contribution in [0.1, 0.15) is 35.7 Å². The molecule has 0 spiro atoms. The fourth-order valence-electron chi connectivity index (χ4n) is 3.96. The Morgan fingerprint density at radius 1 is 1.23 bits per heavy atom. The number of amides is 2. The van der Waals surface area contributed by atoms with Crippen LogP contribution in [0.2, 0.25) is 0 Å². The topological polar surface area (TPSA) is 119 Å². The van der Waals surface area contributed by atoms with E-state index in [0.29, 0.717) is 5.13 Å². The fourth-order valence-corrected chi connectivity index (χ4v) is 5.27. The zero-order valence-corrected chi connectivity index (χ0v) is 23.5. The molecule has 4 rings (SSSR count). The molecule has 3 aromatic rings. The molecule has 0 unspecified atom stereocenters. The van der Waals surface area contributed by atoms with Crippen molar-refractivity contribution in [2.24, 2.45) is 0 Å². The number of methoxy groups -OCH3 is 1. The predicted molar refractivity (Wildman–Crippen MR) is 154 cm³/mol. The molecular formula is C28H30N4O5S2. The molecule has 9 nitrogen and oxygen atoms in total. The highest BCUT2D eigenvalue weighted by atomic mass is 32.2. The maximum absolute atomic E-state index is 13.0. The van der Waals surface area contributed by atoms with Crippen LogP contribution in [0.5, 0.6) is 0 Å². The Morgan fingerprint density at radius 3 is 2.77 bits per heavy atom. The molecule has 1 aliphatic carbocycles. The van der Waals surface area contributed by atoms with Gasteiger partial charge in [0.2, 0.25) is 10.0 Å². The summed E-state index contributed by atoms with van der Waals surface area (Å²) in [5, 5.41) is 7.58.